The van der Waals surface area contributed by atoms with Crippen LogP contribution >= 0.6 is 0 Å². The highest BCUT2D eigenvalue weighted by Crippen LogP contribution is 2.40. The number of aliphatic hydroxyl groups excluding tert-OH is 1. The molecule has 80 valence electrons. The third-order valence-electron chi connectivity index (χ3n) is 3.07. The Morgan fingerprint density at radius 1 is 1.50 bits per heavy atom. The summed E-state index contributed by atoms with van der Waals surface area (Å²) in [6, 6.07) is 0. The summed E-state index contributed by atoms with van der Waals surface area (Å²) in [5.41, 5.74) is 0. The van der Waals surface area contributed by atoms with Gasteiger partial charge < -0.3 is 14.6 Å². The van der Waals surface area contributed by atoms with Gasteiger partial charge in [0, 0.05) is 19.3 Å². The minimum Gasteiger partial charge on any atom is -0.460 e. The monoisotopic (exact) mass is 200 g/mol. The molecule has 1 saturated heterocycles. The molecule has 0 aromatic carbocycles. The molecular weight excluding hydrogens is 184 g/mol. The fourth-order valence-corrected chi connectivity index (χ4v) is 2.56. The van der Waals surface area contributed by atoms with E-state index in [4.69, 9.17) is 9.47 Å². The van der Waals surface area contributed by atoms with Crippen molar-refractivity contribution in [3.63, 3.8) is 0 Å². The van der Waals surface area contributed by atoms with Gasteiger partial charge in [0.05, 0.1) is 12.2 Å². The molecule has 14 heavy (non-hydrogen) atoms. The predicted octanol–water partition coefficient (Wildman–Crippen LogP) is 0.476. The minimum atomic E-state index is -0.380. The lowest BCUT2D eigenvalue weighted by Gasteiger charge is -2.18. The molecule has 2 fully saturated rings. The van der Waals surface area contributed by atoms with Crippen molar-refractivity contribution >= 4 is 5.97 Å². The Balaban J connectivity index is 2.04. The van der Waals surface area contributed by atoms with Crippen LogP contribution in [0.1, 0.15) is 26.7 Å². The van der Waals surface area contributed by atoms with Crippen LogP contribution in [0, 0.1) is 5.92 Å². The Kier molecular flexibility index (Phi) is 2.49. The molecule has 0 bridgehead atoms. The van der Waals surface area contributed by atoms with Crippen molar-refractivity contribution in [2.24, 2.45) is 5.92 Å². The first kappa shape index (κ1) is 9.93. The van der Waals surface area contributed by atoms with Crippen LogP contribution in [0.15, 0.2) is 0 Å². The summed E-state index contributed by atoms with van der Waals surface area (Å²) in [4.78, 5) is 10.8. The zero-order valence-corrected chi connectivity index (χ0v) is 8.47. The van der Waals surface area contributed by atoms with E-state index in [1.807, 2.05) is 6.92 Å². The molecule has 1 aliphatic carbocycles. The van der Waals surface area contributed by atoms with Gasteiger partial charge in [0.2, 0.25) is 0 Å². The van der Waals surface area contributed by atoms with E-state index in [1.165, 1.54) is 6.92 Å². The van der Waals surface area contributed by atoms with Crippen LogP contribution in [-0.4, -0.2) is 35.5 Å². The number of aliphatic hydroxyl groups is 1. The van der Waals surface area contributed by atoms with Crippen molar-refractivity contribution in [2.75, 3.05) is 0 Å². The van der Waals surface area contributed by atoms with Gasteiger partial charge in [0.25, 0.3) is 0 Å². The van der Waals surface area contributed by atoms with Gasteiger partial charge in [-0.1, -0.05) is 0 Å². The second-order valence-corrected chi connectivity index (χ2v) is 4.26. The number of fused-ring (bicyclic) bond motifs is 1. The topological polar surface area (TPSA) is 55.8 Å². The molecule has 2 rings (SSSR count). The Bertz CT molecular complexity index is 240. The van der Waals surface area contributed by atoms with E-state index in [0.29, 0.717) is 6.42 Å². The van der Waals surface area contributed by atoms with Gasteiger partial charge >= 0.3 is 5.97 Å². The summed E-state index contributed by atoms with van der Waals surface area (Å²) in [7, 11) is 0. The Hall–Kier alpha value is -0.610. The highest BCUT2D eigenvalue weighted by atomic mass is 16.6. The Morgan fingerprint density at radius 3 is 2.86 bits per heavy atom. The number of hydrogen-bond acceptors (Lipinski definition) is 4. The second kappa shape index (κ2) is 3.51. The number of ether oxygens (including phenoxy) is 2. The summed E-state index contributed by atoms with van der Waals surface area (Å²) in [6.07, 6.45) is 0.819. The van der Waals surface area contributed by atoms with E-state index >= 15 is 0 Å². The van der Waals surface area contributed by atoms with Crippen LogP contribution in [-0.2, 0) is 14.3 Å². The van der Waals surface area contributed by atoms with Gasteiger partial charge in [-0.05, 0) is 13.3 Å². The molecule has 2 aliphatic rings. The van der Waals surface area contributed by atoms with E-state index in [9.17, 15) is 9.90 Å². The SMILES string of the molecule is CC(=O)O[C@@H]1C[C@@H](O)[C@@H]2CC(C)O[C@@H]21. The summed E-state index contributed by atoms with van der Waals surface area (Å²) in [5.74, 6) is -0.152. The molecule has 1 unspecified atom stereocenters. The standard InChI is InChI=1S/C10H16O4/c1-5-3-7-8(12)4-9(10(7)13-5)14-6(2)11/h5,7-10,12H,3-4H2,1-2H3/t5?,7-,8+,9+,10-/m0/s1. The molecule has 0 radical (unpaired) electrons. The largest absolute Gasteiger partial charge is 0.460 e. The van der Waals surface area contributed by atoms with Crippen LogP contribution in [0.3, 0.4) is 0 Å². The van der Waals surface area contributed by atoms with Gasteiger partial charge in [-0.2, -0.15) is 0 Å². The molecule has 4 nitrogen and oxygen atoms in total. The lowest BCUT2D eigenvalue weighted by molar-refractivity contribution is -0.152. The maximum absolute atomic E-state index is 10.8. The first-order valence-electron chi connectivity index (χ1n) is 5.08. The van der Waals surface area contributed by atoms with Crippen molar-refractivity contribution in [1.29, 1.82) is 0 Å². The van der Waals surface area contributed by atoms with Crippen molar-refractivity contribution in [3.05, 3.63) is 0 Å². The number of rotatable bonds is 1. The fourth-order valence-electron chi connectivity index (χ4n) is 2.56. The molecular formula is C10H16O4. The van der Waals surface area contributed by atoms with Gasteiger partial charge in [0.1, 0.15) is 12.2 Å². The summed E-state index contributed by atoms with van der Waals surface area (Å²) < 4.78 is 10.8. The molecule has 0 amide bonds. The second-order valence-electron chi connectivity index (χ2n) is 4.26. The normalized spacial score (nSPS) is 46.4. The summed E-state index contributed by atoms with van der Waals surface area (Å²) in [6.45, 7) is 3.37. The number of hydrogen-bond donors (Lipinski definition) is 1. The predicted molar refractivity (Wildman–Crippen MR) is 48.6 cm³/mol. The van der Waals surface area contributed by atoms with E-state index in [1.54, 1.807) is 0 Å². The number of carbonyl (C=O) groups is 1. The molecule has 0 aromatic heterocycles. The highest BCUT2D eigenvalue weighted by Gasteiger charge is 2.50. The lowest BCUT2D eigenvalue weighted by Crippen LogP contribution is -2.28. The lowest BCUT2D eigenvalue weighted by atomic mass is 10.0. The zero-order valence-electron chi connectivity index (χ0n) is 8.47. The van der Waals surface area contributed by atoms with E-state index in [0.717, 1.165) is 6.42 Å². The smallest absolute Gasteiger partial charge is 0.302 e. The Labute approximate surface area is 83.2 Å². The van der Waals surface area contributed by atoms with Crippen LogP contribution in [0.4, 0.5) is 0 Å². The third-order valence-corrected chi connectivity index (χ3v) is 3.07. The quantitative estimate of drug-likeness (QED) is 0.625. The first-order valence-corrected chi connectivity index (χ1v) is 5.08. The summed E-state index contributed by atoms with van der Waals surface area (Å²) in [5, 5.41) is 9.73. The maximum atomic E-state index is 10.8. The molecule has 1 saturated carbocycles. The van der Waals surface area contributed by atoms with Gasteiger partial charge in [-0.3, -0.25) is 4.79 Å². The van der Waals surface area contributed by atoms with Crippen LogP contribution in [0.5, 0.6) is 0 Å². The van der Waals surface area contributed by atoms with E-state index < -0.39 is 0 Å². The average Bonchev–Trinajstić information content (AvgIpc) is 2.54. The molecule has 0 spiro atoms. The molecule has 1 N–H and O–H groups in total. The molecule has 5 atom stereocenters. The van der Waals surface area contributed by atoms with Gasteiger partial charge in [0.15, 0.2) is 0 Å². The van der Waals surface area contributed by atoms with Crippen molar-refractivity contribution < 1.29 is 19.4 Å². The van der Waals surface area contributed by atoms with Gasteiger partial charge in [-0.25, -0.2) is 0 Å². The summed E-state index contributed by atoms with van der Waals surface area (Å²) >= 11 is 0. The fraction of sp³-hybridized carbons (Fsp3) is 0.900. The zero-order chi connectivity index (χ0) is 10.3. The molecule has 1 heterocycles. The van der Waals surface area contributed by atoms with Crippen LogP contribution in [0.25, 0.3) is 0 Å². The van der Waals surface area contributed by atoms with Crippen molar-refractivity contribution in [2.45, 2.75) is 51.1 Å². The van der Waals surface area contributed by atoms with Gasteiger partial charge in [-0.15, -0.1) is 0 Å². The third kappa shape index (κ3) is 1.64. The number of esters is 1. The van der Waals surface area contributed by atoms with E-state index in [2.05, 4.69) is 0 Å². The molecule has 4 heteroatoms. The molecule has 1 aliphatic heterocycles. The van der Waals surface area contributed by atoms with Crippen molar-refractivity contribution in [3.8, 4) is 0 Å². The first-order chi connectivity index (χ1) is 6.58. The highest BCUT2D eigenvalue weighted by molar-refractivity contribution is 5.66. The average molecular weight is 200 g/mol. The Morgan fingerprint density at radius 2 is 2.21 bits per heavy atom. The van der Waals surface area contributed by atoms with Crippen LogP contribution in [0.2, 0.25) is 0 Å². The van der Waals surface area contributed by atoms with E-state index in [-0.39, 0.29) is 36.3 Å². The molecule has 0 aromatic rings. The minimum absolute atomic E-state index is 0.0936. The van der Waals surface area contributed by atoms with Crippen molar-refractivity contribution in [1.82, 2.24) is 0 Å². The van der Waals surface area contributed by atoms with Crippen LogP contribution < -0.4 is 0 Å². The number of carbonyl (C=O) groups excluding carboxylic acids is 1. The maximum Gasteiger partial charge on any atom is 0.302 e.